The predicted octanol–water partition coefficient (Wildman–Crippen LogP) is -7.01. The maximum atomic E-state index is 12.9. The van der Waals surface area contributed by atoms with Crippen LogP contribution in [0.15, 0.2) is 0 Å². The summed E-state index contributed by atoms with van der Waals surface area (Å²) in [6, 6.07) is -1.21. The number of aliphatic hydroxyl groups excluding tert-OH is 8. The van der Waals surface area contributed by atoms with Crippen LogP contribution in [-0.4, -0.2) is 178 Å². The number of carbonyl (C=O) groups excluding carboxylic acids is 4. The molecule has 0 aliphatic carbocycles. The van der Waals surface area contributed by atoms with Gasteiger partial charge in [-0.05, 0) is 12.8 Å². The first kappa shape index (κ1) is 40.4. The first-order chi connectivity index (χ1) is 22.3. The van der Waals surface area contributed by atoms with Crippen LogP contribution >= 0.6 is 0 Å². The van der Waals surface area contributed by atoms with Gasteiger partial charge in [0.15, 0.2) is 12.6 Å². The topological polar surface area (TPSA) is 338 Å². The Bertz CT molecular complexity index is 991. The van der Waals surface area contributed by atoms with E-state index in [1.165, 1.54) is 0 Å². The van der Waals surface area contributed by atoms with Crippen LogP contribution in [0.2, 0.25) is 0 Å². The van der Waals surface area contributed by atoms with Crippen LogP contribution < -0.4 is 21.7 Å². The molecule has 2 heterocycles. The Kier molecular flexibility index (Phi) is 17.6. The Morgan fingerprint density at radius 3 is 1.68 bits per heavy atom. The number of carbonyl (C=O) groups is 4. The van der Waals surface area contributed by atoms with Crippen molar-refractivity contribution in [3.05, 3.63) is 0 Å². The SMILES string of the molecule is NC(=O)OCCCC(=O)N[C@@H](CCC(=O)NCCO[C@H]1O[C@H](CO)[C@@H](O)[C@H](O)[C@@H]1O)C(=O)NCCO[C@H]1O[C@H](CO)[C@@H](O)[C@H](O)[C@@H]1O. The number of hydrogen-bond donors (Lipinski definition) is 12. The van der Waals surface area contributed by atoms with Crippen molar-refractivity contribution in [2.45, 2.75) is 93.1 Å². The number of hydrogen-bond acceptors (Lipinski definition) is 17. The zero-order valence-electron chi connectivity index (χ0n) is 25.5. The van der Waals surface area contributed by atoms with Gasteiger partial charge in [0.2, 0.25) is 17.7 Å². The Balaban J connectivity index is 1.83. The van der Waals surface area contributed by atoms with Gasteiger partial charge in [0, 0.05) is 25.9 Å². The molecule has 0 saturated carbocycles. The smallest absolute Gasteiger partial charge is 0.404 e. The van der Waals surface area contributed by atoms with E-state index in [0.29, 0.717) is 0 Å². The van der Waals surface area contributed by atoms with Crippen LogP contribution in [-0.2, 0) is 38.1 Å². The van der Waals surface area contributed by atoms with Crippen molar-refractivity contribution in [1.82, 2.24) is 16.0 Å². The monoisotopic (exact) mass is 686 g/mol. The molecule has 0 spiro atoms. The van der Waals surface area contributed by atoms with Crippen molar-refractivity contribution in [1.29, 1.82) is 0 Å². The van der Waals surface area contributed by atoms with E-state index in [1.54, 1.807) is 0 Å². The summed E-state index contributed by atoms with van der Waals surface area (Å²) >= 11 is 0. The zero-order valence-corrected chi connectivity index (χ0v) is 25.5. The fourth-order valence-electron chi connectivity index (χ4n) is 4.55. The molecule has 2 fully saturated rings. The summed E-state index contributed by atoms with van der Waals surface area (Å²) < 4.78 is 25.6. The van der Waals surface area contributed by atoms with Crippen LogP contribution in [0.5, 0.6) is 0 Å². The molecule has 21 nitrogen and oxygen atoms in total. The normalized spacial score (nSPS) is 31.4. The molecule has 0 radical (unpaired) electrons. The second-order valence-corrected chi connectivity index (χ2v) is 10.7. The molecule has 0 aromatic carbocycles. The number of nitrogens with two attached hydrogens (primary N) is 1. The molecule has 2 rings (SSSR count). The highest BCUT2D eigenvalue weighted by Gasteiger charge is 2.45. The molecule has 0 aromatic rings. The van der Waals surface area contributed by atoms with Crippen molar-refractivity contribution in [3.63, 3.8) is 0 Å². The van der Waals surface area contributed by atoms with Gasteiger partial charge in [-0.2, -0.15) is 0 Å². The van der Waals surface area contributed by atoms with Crippen molar-refractivity contribution < 1.29 is 83.7 Å². The third-order valence-corrected chi connectivity index (χ3v) is 7.19. The Labute approximate surface area is 268 Å². The highest BCUT2D eigenvalue weighted by Crippen LogP contribution is 2.22. The summed E-state index contributed by atoms with van der Waals surface area (Å²) in [6.45, 7) is -2.15. The molecule has 0 aromatic heterocycles. The second kappa shape index (κ2) is 20.5. The van der Waals surface area contributed by atoms with Gasteiger partial charge in [-0.1, -0.05) is 0 Å². The van der Waals surface area contributed by atoms with E-state index in [9.17, 15) is 60.0 Å². The number of amides is 4. The van der Waals surface area contributed by atoms with Crippen molar-refractivity contribution in [3.8, 4) is 0 Å². The number of ether oxygens (including phenoxy) is 5. The quantitative estimate of drug-likeness (QED) is 0.0561. The van der Waals surface area contributed by atoms with Gasteiger partial charge in [0.25, 0.3) is 0 Å². The van der Waals surface area contributed by atoms with E-state index < -0.39 is 104 Å². The minimum atomic E-state index is -1.65. The third kappa shape index (κ3) is 13.0. The largest absolute Gasteiger partial charge is 0.450 e. The number of aliphatic hydroxyl groups is 8. The molecule has 0 unspecified atom stereocenters. The summed E-state index contributed by atoms with van der Waals surface area (Å²) in [5.74, 6) is -1.85. The molecule has 4 amide bonds. The van der Waals surface area contributed by atoms with Gasteiger partial charge in [-0.15, -0.1) is 0 Å². The first-order valence-electron chi connectivity index (χ1n) is 14.9. The highest BCUT2D eigenvalue weighted by atomic mass is 16.7. The lowest BCUT2D eigenvalue weighted by Crippen LogP contribution is -2.59. The van der Waals surface area contributed by atoms with Gasteiger partial charge in [-0.25, -0.2) is 4.79 Å². The van der Waals surface area contributed by atoms with E-state index in [1.807, 2.05) is 0 Å². The minimum absolute atomic E-state index is 0.0910. The van der Waals surface area contributed by atoms with Crippen LogP contribution in [0.25, 0.3) is 0 Å². The van der Waals surface area contributed by atoms with Crippen molar-refractivity contribution >= 4 is 23.8 Å². The Morgan fingerprint density at radius 1 is 0.681 bits per heavy atom. The fourth-order valence-corrected chi connectivity index (χ4v) is 4.55. The van der Waals surface area contributed by atoms with Gasteiger partial charge in [-0.3, -0.25) is 14.4 Å². The molecule has 272 valence electrons. The van der Waals surface area contributed by atoms with Crippen molar-refractivity contribution in [2.24, 2.45) is 5.73 Å². The van der Waals surface area contributed by atoms with E-state index in [0.717, 1.165) is 0 Å². The van der Waals surface area contributed by atoms with Crippen LogP contribution in [0, 0.1) is 0 Å². The lowest BCUT2D eigenvalue weighted by Gasteiger charge is -2.39. The van der Waals surface area contributed by atoms with E-state index >= 15 is 0 Å². The average Bonchev–Trinajstić information content (AvgIpc) is 3.04. The molecule has 21 heteroatoms. The number of primary amides is 1. The summed E-state index contributed by atoms with van der Waals surface area (Å²) in [5.41, 5.74) is 4.87. The molecule has 11 atom stereocenters. The number of nitrogens with one attached hydrogen (secondary N) is 3. The Hall–Kier alpha value is -2.80. The van der Waals surface area contributed by atoms with E-state index in [-0.39, 0.29) is 58.6 Å². The maximum Gasteiger partial charge on any atom is 0.404 e. The predicted molar refractivity (Wildman–Crippen MR) is 151 cm³/mol. The molecule has 0 bridgehead atoms. The lowest BCUT2D eigenvalue weighted by molar-refractivity contribution is -0.300. The Morgan fingerprint density at radius 2 is 1.19 bits per heavy atom. The first-order valence-corrected chi connectivity index (χ1v) is 14.9. The maximum absolute atomic E-state index is 12.9. The third-order valence-electron chi connectivity index (χ3n) is 7.19. The standard InChI is InChI=1S/C26H46N4O17/c27-26(42)45-7-1-2-16(34)30-12(23(41)29-6-9-44-25-22(40)20(38)18(36)14(11-32)47-25)3-4-15(33)28-5-8-43-24-21(39)19(37)17(35)13(10-31)46-24/h12-14,17-22,24-25,31-32,35-40H,1-11H2,(H2,27,42)(H,28,33)(H,29,41)(H,30,34)/t12-,13+,14+,17+,18+,19-,20-,21-,22-,24-,25-/m0/s1. The summed E-state index contributed by atoms with van der Waals surface area (Å²) in [6.07, 6.45) is -16.3. The zero-order chi connectivity index (χ0) is 35.1. The van der Waals surface area contributed by atoms with Crippen molar-refractivity contribution in [2.75, 3.05) is 46.1 Å². The summed E-state index contributed by atoms with van der Waals surface area (Å²) in [4.78, 5) is 48.4. The molecular formula is C26H46N4O17. The highest BCUT2D eigenvalue weighted by molar-refractivity contribution is 5.88. The van der Waals surface area contributed by atoms with Crippen LogP contribution in [0.1, 0.15) is 25.7 Å². The molecule has 2 saturated heterocycles. The second-order valence-electron chi connectivity index (χ2n) is 10.7. The average molecular weight is 687 g/mol. The van der Waals surface area contributed by atoms with Crippen LogP contribution in [0.4, 0.5) is 4.79 Å². The van der Waals surface area contributed by atoms with Gasteiger partial charge in [0.05, 0.1) is 33.0 Å². The van der Waals surface area contributed by atoms with Gasteiger partial charge >= 0.3 is 6.09 Å². The number of rotatable bonds is 19. The molecular weight excluding hydrogens is 640 g/mol. The van der Waals surface area contributed by atoms with E-state index in [4.69, 9.17) is 24.7 Å². The van der Waals surface area contributed by atoms with Gasteiger partial charge in [0.1, 0.15) is 54.9 Å². The summed E-state index contributed by atoms with van der Waals surface area (Å²) in [5, 5.41) is 85.4. The molecule has 13 N–H and O–H groups in total. The summed E-state index contributed by atoms with van der Waals surface area (Å²) in [7, 11) is 0. The molecule has 2 aliphatic rings. The van der Waals surface area contributed by atoms with E-state index in [2.05, 4.69) is 20.7 Å². The molecule has 47 heavy (non-hydrogen) atoms. The minimum Gasteiger partial charge on any atom is -0.450 e. The van der Waals surface area contributed by atoms with Crippen LogP contribution in [0.3, 0.4) is 0 Å². The lowest BCUT2D eigenvalue weighted by atomic mass is 9.99. The van der Waals surface area contributed by atoms with Gasteiger partial charge < -0.3 is 86.2 Å². The fraction of sp³-hybridized carbons (Fsp3) is 0.846. The molecule has 2 aliphatic heterocycles.